The Balaban J connectivity index is 3.97. The van der Waals surface area contributed by atoms with Gasteiger partial charge in [0.05, 0.1) is 14.2 Å². The van der Waals surface area contributed by atoms with Crippen molar-refractivity contribution in [2.45, 2.75) is 0 Å². The standard InChI is InChI=1S/C6H11NO2/c1-5(8-3)6(7-2)9-4/h1H2,2-4H3. The Morgan fingerprint density at radius 2 is 1.89 bits per heavy atom. The van der Waals surface area contributed by atoms with Gasteiger partial charge in [0.1, 0.15) is 0 Å². The minimum atomic E-state index is 0.428. The first-order valence-electron chi connectivity index (χ1n) is 2.50. The van der Waals surface area contributed by atoms with Crippen LogP contribution in [0, 0.1) is 0 Å². The molecule has 0 saturated heterocycles. The highest BCUT2D eigenvalue weighted by atomic mass is 16.5. The summed E-state index contributed by atoms with van der Waals surface area (Å²) in [4.78, 5) is 3.75. The Kier molecular flexibility index (Phi) is 3.51. The van der Waals surface area contributed by atoms with E-state index in [2.05, 4.69) is 11.6 Å². The molecule has 0 fully saturated rings. The lowest BCUT2D eigenvalue weighted by atomic mass is 10.5. The molecular weight excluding hydrogens is 118 g/mol. The molecule has 52 valence electrons. The molecule has 0 spiro atoms. The maximum Gasteiger partial charge on any atom is 0.251 e. The van der Waals surface area contributed by atoms with Gasteiger partial charge in [-0.05, 0) is 0 Å². The Morgan fingerprint density at radius 1 is 1.33 bits per heavy atom. The number of aliphatic imine (C=N–C) groups is 1. The van der Waals surface area contributed by atoms with Crippen molar-refractivity contribution in [2.75, 3.05) is 21.3 Å². The van der Waals surface area contributed by atoms with E-state index in [4.69, 9.17) is 9.47 Å². The molecule has 0 aromatic heterocycles. The molecule has 0 aliphatic rings. The third-order valence-corrected chi connectivity index (χ3v) is 0.881. The molecule has 0 bridgehead atoms. The Morgan fingerprint density at radius 3 is 2.00 bits per heavy atom. The van der Waals surface area contributed by atoms with E-state index in [1.165, 1.54) is 14.2 Å². The van der Waals surface area contributed by atoms with Crippen LogP contribution >= 0.6 is 0 Å². The molecular formula is C6H11NO2. The van der Waals surface area contributed by atoms with Crippen molar-refractivity contribution in [1.29, 1.82) is 0 Å². The zero-order chi connectivity index (χ0) is 7.28. The van der Waals surface area contributed by atoms with Gasteiger partial charge in [0, 0.05) is 7.05 Å². The van der Waals surface area contributed by atoms with Crippen LogP contribution in [0.2, 0.25) is 0 Å². The summed E-state index contributed by atoms with van der Waals surface area (Å²) < 4.78 is 9.52. The average Bonchev–Trinajstić information content (AvgIpc) is 1.90. The maximum atomic E-state index is 4.78. The van der Waals surface area contributed by atoms with Crippen LogP contribution in [0.1, 0.15) is 0 Å². The smallest absolute Gasteiger partial charge is 0.251 e. The highest BCUT2D eigenvalue weighted by Gasteiger charge is 2.00. The zero-order valence-corrected chi connectivity index (χ0v) is 5.97. The Hall–Kier alpha value is -0.990. The Bertz CT molecular complexity index is 129. The van der Waals surface area contributed by atoms with Crippen LogP contribution in [-0.2, 0) is 9.47 Å². The predicted molar refractivity (Wildman–Crippen MR) is 36.5 cm³/mol. The van der Waals surface area contributed by atoms with Crippen LogP contribution in [0.25, 0.3) is 0 Å². The highest BCUT2D eigenvalue weighted by Crippen LogP contribution is 1.94. The van der Waals surface area contributed by atoms with Crippen LogP contribution in [0.15, 0.2) is 17.3 Å². The van der Waals surface area contributed by atoms with Gasteiger partial charge in [-0.2, -0.15) is 0 Å². The van der Waals surface area contributed by atoms with Crippen molar-refractivity contribution in [2.24, 2.45) is 4.99 Å². The van der Waals surface area contributed by atoms with E-state index in [-0.39, 0.29) is 0 Å². The minimum Gasteiger partial charge on any atom is -0.492 e. The van der Waals surface area contributed by atoms with Crippen molar-refractivity contribution >= 4 is 5.90 Å². The third-order valence-electron chi connectivity index (χ3n) is 0.881. The number of hydrogen-bond acceptors (Lipinski definition) is 3. The van der Waals surface area contributed by atoms with Gasteiger partial charge in [-0.25, -0.2) is 0 Å². The van der Waals surface area contributed by atoms with E-state index in [9.17, 15) is 0 Å². The average molecular weight is 129 g/mol. The van der Waals surface area contributed by atoms with Crippen molar-refractivity contribution in [3.05, 3.63) is 12.3 Å². The van der Waals surface area contributed by atoms with Gasteiger partial charge in [-0.1, -0.05) is 6.58 Å². The zero-order valence-electron chi connectivity index (χ0n) is 5.97. The SMILES string of the molecule is C=C(OC)C(=NC)OC. The maximum absolute atomic E-state index is 4.78. The van der Waals surface area contributed by atoms with E-state index in [1.807, 2.05) is 0 Å². The normalized spacial score (nSPS) is 10.8. The molecule has 0 aliphatic heterocycles. The fraction of sp³-hybridized carbons (Fsp3) is 0.500. The highest BCUT2D eigenvalue weighted by molar-refractivity contribution is 5.90. The molecule has 0 amide bonds. The van der Waals surface area contributed by atoms with E-state index < -0.39 is 0 Å². The number of methoxy groups -OCH3 is 2. The van der Waals surface area contributed by atoms with E-state index >= 15 is 0 Å². The second kappa shape index (κ2) is 3.95. The molecule has 0 saturated carbocycles. The first-order valence-corrected chi connectivity index (χ1v) is 2.50. The first kappa shape index (κ1) is 8.01. The van der Waals surface area contributed by atoms with E-state index in [0.717, 1.165) is 0 Å². The van der Waals surface area contributed by atoms with Gasteiger partial charge in [0.2, 0.25) is 0 Å². The van der Waals surface area contributed by atoms with Crippen LogP contribution in [0.4, 0.5) is 0 Å². The summed E-state index contributed by atoms with van der Waals surface area (Å²) in [6.07, 6.45) is 0. The first-order chi connectivity index (χ1) is 4.26. The largest absolute Gasteiger partial charge is 0.492 e. The molecule has 0 aromatic rings. The molecule has 3 heteroatoms. The van der Waals surface area contributed by atoms with Crippen molar-refractivity contribution in [3.63, 3.8) is 0 Å². The number of ether oxygens (including phenoxy) is 2. The minimum absolute atomic E-state index is 0.428. The van der Waals surface area contributed by atoms with Gasteiger partial charge < -0.3 is 9.47 Å². The summed E-state index contributed by atoms with van der Waals surface area (Å²) >= 11 is 0. The summed E-state index contributed by atoms with van der Waals surface area (Å²) in [5, 5.41) is 0. The molecule has 0 unspecified atom stereocenters. The summed E-state index contributed by atoms with van der Waals surface area (Å²) in [5.41, 5.74) is 0. The fourth-order valence-corrected chi connectivity index (χ4v) is 0.417. The predicted octanol–water partition coefficient (Wildman–Crippen LogP) is 0.821. The second-order valence-electron chi connectivity index (χ2n) is 1.36. The molecule has 0 aromatic carbocycles. The van der Waals surface area contributed by atoms with Crippen LogP contribution < -0.4 is 0 Å². The molecule has 0 rings (SSSR count). The quantitative estimate of drug-likeness (QED) is 0.314. The molecule has 0 radical (unpaired) electrons. The van der Waals surface area contributed by atoms with Gasteiger partial charge in [-0.15, -0.1) is 0 Å². The van der Waals surface area contributed by atoms with E-state index in [1.54, 1.807) is 7.05 Å². The number of rotatable bonds is 2. The lowest BCUT2D eigenvalue weighted by Gasteiger charge is -2.03. The summed E-state index contributed by atoms with van der Waals surface area (Å²) in [6.45, 7) is 3.54. The lowest BCUT2D eigenvalue weighted by molar-refractivity contribution is 0.287. The van der Waals surface area contributed by atoms with Gasteiger partial charge in [0.25, 0.3) is 5.90 Å². The molecule has 0 heterocycles. The molecule has 9 heavy (non-hydrogen) atoms. The Labute approximate surface area is 55.0 Å². The van der Waals surface area contributed by atoms with Gasteiger partial charge in [0.15, 0.2) is 5.76 Å². The van der Waals surface area contributed by atoms with Crippen LogP contribution in [0.3, 0.4) is 0 Å². The van der Waals surface area contributed by atoms with Crippen molar-refractivity contribution in [1.82, 2.24) is 0 Å². The number of nitrogens with zero attached hydrogens (tertiary/aromatic N) is 1. The summed E-state index contributed by atoms with van der Waals surface area (Å²) in [6, 6.07) is 0. The van der Waals surface area contributed by atoms with Crippen molar-refractivity contribution < 1.29 is 9.47 Å². The molecule has 0 N–H and O–H groups in total. The topological polar surface area (TPSA) is 30.8 Å². The van der Waals surface area contributed by atoms with Gasteiger partial charge in [-0.3, -0.25) is 4.99 Å². The van der Waals surface area contributed by atoms with Crippen LogP contribution in [0.5, 0.6) is 0 Å². The van der Waals surface area contributed by atoms with Crippen LogP contribution in [-0.4, -0.2) is 27.2 Å². The molecule has 0 atom stereocenters. The third kappa shape index (κ3) is 2.17. The monoisotopic (exact) mass is 129 g/mol. The molecule has 0 aliphatic carbocycles. The van der Waals surface area contributed by atoms with Gasteiger partial charge >= 0.3 is 0 Å². The lowest BCUT2D eigenvalue weighted by Crippen LogP contribution is -2.05. The molecule has 3 nitrogen and oxygen atoms in total. The summed E-state index contributed by atoms with van der Waals surface area (Å²) in [5.74, 6) is 0.873. The fourth-order valence-electron chi connectivity index (χ4n) is 0.417. The summed E-state index contributed by atoms with van der Waals surface area (Å²) in [7, 11) is 4.65. The van der Waals surface area contributed by atoms with Crippen molar-refractivity contribution in [3.8, 4) is 0 Å². The number of hydrogen-bond donors (Lipinski definition) is 0. The second-order valence-corrected chi connectivity index (χ2v) is 1.36. The van der Waals surface area contributed by atoms with E-state index in [0.29, 0.717) is 11.7 Å².